The predicted octanol–water partition coefficient (Wildman–Crippen LogP) is 5.62. The molecule has 0 aliphatic heterocycles. The van der Waals surface area contributed by atoms with Gasteiger partial charge in [0.05, 0.1) is 7.11 Å². The molecule has 28 heavy (non-hydrogen) atoms. The average molecular weight is 379 g/mol. The van der Waals surface area contributed by atoms with Gasteiger partial charge in [0.25, 0.3) is 0 Å². The molecule has 0 amide bonds. The van der Waals surface area contributed by atoms with Crippen molar-refractivity contribution >= 4 is 0 Å². The van der Waals surface area contributed by atoms with Crippen LogP contribution in [0, 0.1) is 17.8 Å². The summed E-state index contributed by atoms with van der Waals surface area (Å²) in [5.74, 6) is 5.56. The molecule has 4 bridgehead atoms. The Morgan fingerprint density at radius 2 is 1.11 bits per heavy atom. The van der Waals surface area contributed by atoms with Crippen molar-refractivity contribution < 1.29 is 14.2 Å². The molecule has 4 aliphatic rings. The molecule has 4 aliphatic carbocycles. The minimum atomic E-state index is 0.463. The first-order chi connectivity index (χ1) is 13.7. The van der Waals surface area contributed by atoms with Gasteiger partial charge in [-0.1, -0.05) is 12.1 Å². The van der Waals surface area contributed by atoms with Crippen molar-refractivity contribution in [1.82, 2.24) is 0 Å². The molecule has 0 aromatic heterocycles. The summed E-state index contributed by atoms with van der Waals surface area (Å²) >= 11 is 0. The van der Waals surface area contributed by atoms with E-state index in [1.54, 1.807) is 12.7 Å². The van der Waals surface area contributed by atoms with Gasteiger partial charge in [-0.15, -0.1) is 0 Å². The standard InChI is InChI=1S/C25H30O3/c1-26-22-6-8-24(9-7-22)28-11-10-27-23-4-2-21(3-5-23)25-15-18-12-19(16-25)14-20(13-18)17-25/h2-9,18-20H,10-17H2,1H3. The van der Waals surface area contributed by atoms with E-state index < -0.39 is 0 Å². The zero-order valence-corrected chi connectivity index (χ0v) is 16.7. The minimum absolute atomic E-state index is 0.463. The van der Waals surface area contributed by atoms with Crippen LogP contribution in [-0.2, 0) is 5.41 Å². The highest BCUT2D eigenvalue weighted by Crippen LogP contribution is 2.60. The maximum absolute atomic E-state index is 5.90. The zero-order chi connectivity index (χ0) is 19.0. The molecule has 0 heterocycles. The zero-order valence-electron chi connectivity index (χ0n) is 16.7. The summed E-state index contributed by atoms with van der Waals surface area (Å²) in [5, 5.41) is 0. The SMILES string of the molecule is COc1ccc(OCCOc2ccc(C34CC5CC(CC(C5)C3)C4)cc2)cc1. The van der Waals surface area contributed by atoms with E-state index in [2.05, 4.69) is 24.3 Å². The van der Waals surface area contributed by atoms with Crippen LogP contribution in [0.3, 0.4) is 0 Å². The lowest BCUT2D eigenvalue weighted by molar-refractivity contribution is -0.00520. The molecule has 4 saturated carbocycles. The van der Waals surface area contributed by atoms with E-state index in [1.807, 2.05) is 24.3 Å². The molecular weight excluding hydrogens is 348 g/mol. The summed E-state index contributed by atoms with van der Waals surface area (Å²) in [4.78, 5) is 0. The van der Waals surface area contributed by atoms with Crippen LogP contribution in [0.1, 0.15) is 44.1 Å². The maximum Gasteiger partial charge on any atom is 0.122 e. The normalized spacial score (nSPS) is 30.2. The Hall–Kier alpha value is -2.16. The lowest BCUT2D eigenvalue weighted by Gasteiger charge is -2.57. The van der Waals surface area contributed by atoms with Crippen molar-refractivity contribution in [3.05, 3.63) is 54.1 Å². The van der Waals surface area contributed by atoms with E-state index in [0.717, 1.165) is 35.0 Å². The Morgan fingerprint density at radius 3 is 1.57 bits per heavy atom. The summed E-state index contributed by atoms with van der Waals surface area (Å²) in [6.45, 7) is 1.08. The monoisotopic (exact) mass is 378 g/mol. The summed E-state index contributed by atoms with van der Waals surface area (Å²) < 4.78 is 16.8. The van der Waals surface area contributed by atoms with Crippen LogP contribution >= 0.6 is 0 Å². The molecule has 3 heteroatoms. The minimum Gasteiger partial charge on any atom is -0.497 e. The highest BCUT2D eigenvalue weighted by Gasteiger charge is 2.51. The molecule has 148 valence electrons. The molecule has 0 spiro atoms. The number of hydrogen-bond acceptors (Lipinski definition) is 3. The Kier molecular flexibility index (Phi) is 4.70. The molecule has 0 atom stereocenters. The topological polar surface area (TPSA) is 27.7 Å². The summed E-state index contributed by atoms with van der Waals surface area (Å²) in [6.07, 6.45) is 8.72. The van der Waals surface area contributed by atoms with Crippen LogP contribution in [0.2, 0.25) is 0 Å². The van der Waals surface area contributed by atoms with Crippen LogP contribution in [0.4, 0.5) is 0 Å². The first kappa shape index (κ1) is 17.9. The highest BCUT2D eigenvalue weighted by molar-refractivity contribution is 5.35. The number of rotatable bonds is 7. The van der Waals surface area contributed by atoms with Crippen molar-refractivity contribution in [3.8, 4) is 17.2 Å². The van der Waals surface area contributed by atoms with Crippen molar-refractivity contribution in [3.63, 3.8) is 0 Å². The summed E-state index contributed by atoms with van der Waals surface area (Å²) in [5.41, 5.74) is 2.01. The van der Waals surface area contributed by atoms with Crippen molar-refractivity contribution in [2.75, 3.05) is 20.3 Å². The Labute approximate surface area is 168 Å². The van der Waals surface area contributed by atoms with Gasteiger partial charge in [-0.05, 0) is 104 Å². The quantitative estimate of drug-likeness (QED) is 0.585. The molecule has 3 nitrogen and oxygen atoms in total. The molecule has 2 aromatic carbocycles. The summed E-state index contributed by atoms with van der Waals surface area (Å²) in [7, 11) is 1.66. The Bertz CT molecular complexity index is 758. The van der Waals surface area contributed by atoms with Crippen LogP contribution in [0.15, 0.2) is 48.5 Å². The number of methoxy groups -OCH3 is 1. The third kappa shape index (κ3) is 3.47. The van der Waals surface area contributed by atoms with Crippen LogP contribution in [0.5, 0.6) is 17.2 Å². The van der Waals surface area contributed by atoms with E-state index in [-0.39, 0.29) is 0 Å². The lowest BCUT2D eigenvalue weighted by Crippen LogP contribution is -2.48. The van der Waals surface area contributed by atoms with Gasteiger partial charge in [0.15, 0.2) is 0 Å². The average Bonchev–Trinajstić information content (AvgIpc) is 2.71. The summed E-state index contributed by atoms with van der Waals surface area (Å²) in [6, 6.07) is 16.6. The predicted molar refractivity (Wildman–Crippen MR) is 110 cm³/mol. The molecule has 2 aromatic rings. The fourth-order valence-corrected chi connectivity index (χ4v) is 6.36. The van der Waals surface area contributed by atoms with E-state index in [4.69, 9.17) is 14.2 Å². The molecule has 0 radical (unpaired) electrons. The van der Waals surface area contributed by atoms with E-state index in [9.17, 15) is 0 Å². The van der Waals surface area contributed by atoms with Gasteiger partial charge in [0.1, 0.15) is 30.5 Å². The second-order valence-electron chi connectivity index (χ2n) is 9.09. The van der Waals surface area contributed by atoms with Gasteiger partial charge >= 0.3 is 0 Å². The largest absolute Gasteiger partial charge is 0.497 e. The second kappa shape index (κ2) is 7.35. The van der Waals surface area contributed by atoms with E-state index in [0.29, 0.717) is 18.6 Å². The van der Waals surface area contributed by atoms with Crippen LogP contribution in [-0.4, -0.2) is 20.3 Å². The molecule has 6 rings (SSSR count). The Morgan fingerprint density at radius 1 is 0.679 bits per heavy atom. The molecule has 0 N–H and O–H groups in total. The van der Waals surface area contributed by atoms with Crippen molar-refractivity contribution in [2.45, 2.75) is 43.9 Å². The van der Waals surface area contributed by atoms with Crippen molar-refractivity contribution in [2.24, 2.45) is 17.8 Å². The van der Waals surface area contributed by atoms with Gasteiger partial charge < -0.3 is 14.2 Å². The lowest BCUT2D eigenvalue weighted by atomic mass is 9.48. The first-order valence-corrected chi connectivity index (χ1v) is 10.7. The van der Waals surface area contributed by atoms with E-state index >= 15 is 0 Å². The molecular formula is C25H30O3. The van der Waals surface area contributed by atoms with Crippen LogP contribution < -0.4 is 14.2 Å². The van der Waals surface area contributed by atoms with Gasteiger partial charge in [0, 0.05) is 0 Å². The highest BCUT2D eigenvalue weighted by atomic mass is 16.5. The fourth-order valence-electron chi connectivity index (χ4n) is 6.36. The molecule has 4 fully saturated rings. The number of hydrogen-bond donors (Lipinski definition) is 0. The smallest absolute Gasteiger partial charge is 0.122 e. The Balaban J connectivity index is 1.15. The molecule has 0 saturated heterocycles. The van der Waals surface area contributed by atoms with Gasteiger partial charge in [0.2, 0.25) is 0 Å². The van der Waals surface area contributed by atoms with Crippen LogP contribution in [0.25, 0.3) is 0 Å². The number of benzene rings is 2. The maximum atomic E-state index is 5.90. The third-order valence-corrected chi connectivity index (χ3v) is 7.19. The first-order valence-electron chi connectivity index (χ1n) is 10.7. The van der Waals surface area contributed by atoms with Crippen molar-refractivity contribution in [1.29, 1.82) is 0 Å². The number of ether oxygens (including phenoxy) is 3. The van der Waals surface area contributed by atoms with Gasteiger partial charge in [-0.25, -0.2) is 0 Å². The van der Waals surface area contributed by atoms with Gasteiger partial charge in [-0.2, -0.15) is 0 Å². The molecule has 0 unspecified atom stereocenters. The van der Waals surface area contributed by atoms with Gasteiger partial charge in [-0.3, -0.25) is 0 Å². The van der Waals surface area contributed by atoms with E-state index in [1.165, 1.54) is 38.5 Å². The fraction of sp³-hybridized carbons (Fsp3) is 0.520. The third-order valence-electron chi connectivity index (χ3n) is 7.19. The second-order valence-corrected chi connectivity index (χ2v) is 9.09.